The van der Waals surface area contributed by atoms with Crippen molar-refractivity contribution in [1.29, 1.82) is 0 Å². The highest BCUT2D eigenvalue weighted by Gasteiger charge is 2.06. The fourth-order valence-corrected chi connectivity index (χ4v) is 2.47. The van der Waals surface area contributed by atoms with Gasteiger partial charge in [-0.3, -0.25) is 4.98 Å². The number of fused-ring (bicyclic) bond motifs is 1. The van der Waals surface area contributed by atoms with Crippen molar-refractivity contribution in [1.82, 2.24) is 14.5 Å². The van der Waals surface area contributed by atoms with Gasteiger partial charge in [0.15, 0.2) is 4.77 Å². The molecule has 0 radical (unpaired) electrons. The number of rotatable bonds is 3. The standard InChI is InChI=1S/C15H15N3OS/c1-10-3-4-11(8-16-10)9-18-14-6-5-12(19-2)7-13(14)17-15(18)20/h3-8H,9H2,1-2H3,(H,17,20). The lowest BCUT2D eigenvalue weighted by molar-refractivity contribution is 0.415. The number of methoxy groups -OCH3 is 1. The Kier molecular flexibility index (Phi) is 3.28. The molecule has 0 aliphatic carbocycles. The molecule has 0 saturated heterocycles. The molecule has 1 N–H and O–H groups in total. The average Bonchev–Trinajstić information content (AvgIpc) is 2.76. The van der Waals surface area contributed by atoms with Gasteiger partial charge in [-0.25, -0.2) is 0 Å². The molecule has 3 aromatic rings. The zero-order chi connectivity index (χ0) is 14.1. The van der Waals surface area contributed by atoms with E-state index in [1.807, 2.05) is 37.4 Å². The summed E-state index contributed by atoms with van der Waals surface area (Å²) in [4.78, 5) is 7.53. The maximum atomic E-state index is 5.40. The molecule has 0 amide bonds. The quantitative estimate of drug-likeness (QED) is 0.749. The normalized spacial score (nSPS) is 10.9. The van der Waals surface area contributed by atoms with Crippen LogP contribution in [0.1, 0.15) is 11.3 Å². The van der Waals surface area contributed by atoms with Crippen LogP contribution in [0.15, 0.2) is 36.5 Å². The summed E-state index contributed by atoms with van der Waals surface area (Å²) >= 11 is 5.40. The van der Waals surface area contributed by atoms with Crippen LogP contribution < -0.4 is 4.74 Å². The van der Waals surface area contributed by atoms with Crippen LogP contribution in [-0.2, 0) is 6.54 Å². The van der Waals surface area contributed by atoms with Crippen molar-refractivity contribution in [2.24, 2.45) is 0 Å². The summed E-state index contributed by atoms with van der Waals surface area (Å²) in [7, 11) is 1.66. The maximum Gasteiger partial charge on any atom is 0.178 e. The van der Waals surface area contributed by atoms with Gasteiger partial charge in [0, 0.05) is 18.0 Å². The Balaban J connectivity index is 2.05. The van der Waals surface area contributed by atoms with E-state index in [1.54, 1.807) is 7.11 Å². The SMILES string of the molecule is COc1ccc2c(c1)[nH]c(=S)n2Cc1ccc(C)nc1. The van der Waals surface area contributed by atoms with Crippen LogP contribution in [0, 0.1) is 11.7 Å². The lowest BCUT2D eigenvalue weighted by atomic mass is 10.2. The molecule has 0 spiro atoms. The number of nitrogens with zero attached hydrogens (tertiary/aromatic N) is 2. The van der Waals surface area contributed by atoms with Gasteiger partial charge >= 0.3 is 0 Å². The molecule has 5 heteroatoms. The Hall–Kier alpha value is -2.14. The minimum atomic E-state index is 0.703. The molecule has 102 valence electrons. The maximum absolute atomic E-state index is 5.40. The second kappa shape index (κ2) is 5.09. The molecular formula is C15H15N3OS. The van der Waals surface area contributed by atoms with E-state index in [9.17, 15) is 0 Å². The number of hydrogen-bond donors (Lipinski definition) is 1. The first-order valence-corrected chi connectivity index (χ1v) is 6.76. The second-order valence-corrected chi connectivity index (χ2v) is 5.09. The molecule has 0 unspecified atom stereocenters. The number of hydrogen-bond acceptors (Lipinski definition) is 3. The molecule has 0 saturated carbocycles. The van der Waals surface area contributed by atoms with E-state index in [1.165, 1.54) is 0 Å². The lowest BCUT2D eigenvalue weighted by Crippen LogP contribution is -2.00. The van der Waals surface area contributed by atoms with Crippen molar-refractivity contribution in [2.45, 2.75) is 13.5 Å². The van der Waals surface area contributed by atoms with Crippen LogP contribution in [0.3, 0.4) is 0 Å². The molecule has 20 heavy (non-hydrogen) atoms. The molecule has 4 nitrogen and oxygen atoms in total. The van der Waals surface area contributed by atoms with Gasteiger partial charge in [0.05, 0.1) is 24.7 Å². The van der Waals surface area contributed by atoms with Gasteiger partial charge in [-0.1, -0.05) is 6.07 Å². The molecule has 2 heterocycles. The summed E-state index contributed by atoms with van der Waals surface area (Å²) in [5, 5.41) is 0. The van der Waals surface area contributed by atoms with E-state index in [4.69, 9.17) is 17.0 Å². The van der Waals surface area contributed by atoms with Gasteiger partial charge in [0.1, 0.15) is 5.75 Å². The molecule has 0 aliphatic rings. The molecule has 2 aromatic heterocycles. The third-order valence-corrected chi connectivity index (χ3v) is 3.62. The molecule has 0 bridgehead atoms. The van der Waals surface area contributed by atoms with E-state index >= 15 is 0 Å². The minimum Gasteiger partial charge on any atom is -0.497 e. The fourth-order valence-electron chi connectivity index (χ4n) is 2.20. The fraction of sp³-hybridized carbons (Fsp3) is 0.200. The number of benzene rings is 1. The highest BCUT2D eigenvalue weighted by molar-refractivity contribution is 7.71. The van der Waals surface area contributed by atoms with Crippen molar-refractivity contribution in [3.8, 4) is 5.75 Å². The van der Waals surface area contributed by atoms with E-state index < -0.39 is 0 Å². The molecule has 1 aromatic carbocycles. The minimum absolute atomic E-state index is 0.703. The van der Waals surface area contributed by atoms with Gasteiger partial charge in [-0.05, 0) is 42.9 Å². The van der Waals surface area contributed by atoms with Crippen LogP contribution in [0.5, 0.6) is 5.75 Å². The number of pyridine rings is 1. The van der Waals surface area contributed by atoms with Gasteiger partial charge in [0.2, 0.25) is 0 Å². The summed E-state index contributed by atoms with van der Waals surface area (Å²) in [6.45, 7) is 2.69. The molecule has 0 aliphatic heterocycles. The monoisotopic (exact) mass is 285 g/mol. The van der Waals surface area contributed by atoms with E-state index in [0.717, 1.165) is 28.0 Å². The number of ether oxygens (including phenoxy) is 1. The predicted molar refractivity (Wildman–Crippen MR) is 81.8 cm³/mol. The van der Waals surface area contributed by atoms with E-state index in [2.05, 4.69) is 20.6 Å². The number of aromatic nitrogens is 3. The Morgan fingerprint density at radius 1 is 1.30 bits per heavy atom. The number of nitrogens with one attached hydrogen (secondary N) is 1. The first kappa shape index (κ1) is 12.9. The van der Waals surface area contributed by atoms with Gasteiger partial charge < -0.3 is 14.3 Å². The van der Waals surface area contributed by atoms with E-state index in [-0.39, 0.29) is 0 Å². The van der Waals surface area contributed by atoms with Crippen molar-refractivity contribution >= 4 is 23.3 Å². The predicted octanol–water partition coefficient (Wildman–Crippen LogP) is 3.46. The zero-order valence-electron chi connectivity index (χ0n) is 11.4. The Morgan fingerprint density at radius 3 is 2.85 bits per heavy atom. The smallest absolute Gasteiger partial charge is 0.178 e. The molecule has 0 atom stereocenters. The largest absolute Gasteiger partial charge is 0.497 e. The first-order chi connectivity index (χ1) is 9.67. The third-order valence-electron chi connectivity index (χ3n) is 3.29. The molecule has 3 rings (SSSR count). The summed E-state index contributed by atoms with van der Waals surface area (Å²) in [6, 6.07) is 10.00. The number of imidazole rings is 1. The highest BCUT2D eigenvalue weighted by atomic mass is 32.1. The number of aromatic amines is 1. The summed E-state index contributed by atoms with van der Waals surface area (Å²) in [5.41, 5.74) is 4.19. The topological polar surface area (TPSA) is 42.8 Å². The van der Waals surface area contributed by atoms with Crippen molar-refractivity contribution in [3.63, 3.8) is 0 Å². The van der Waals surface area contributed by atoms with Crippen molar-refractivity contribution < 1.29 is 4.74 Å². The second-order valence-electron chi connectivity index (χ2n) is 4.71. The first-order valence-electron chi connectivity index (χ1n) is 6.35. The zero-order valence-corrected chi connectivity index (χ0v) is 12.2. The summed E-state index contributed by atoms with van der Waals surface area (Å²) in [6.07, 6.45) is 1.89. The molecule has 0 fully saturated rings. The van der Waals surface area contributed by atoms with Crippen LogP contribution in [0.4, 0.5) is 0 Å². The van der Waals surface area contributed by atoms with Gasteiger partial charge in [-0.15, -0.1) is 0 Å². The number of H-pyrrole nitrogens is 1. The average molecular weight is 285 g/mol. The third kappa shape index (κ3) is 2.32. The van der Waals surface area contributed by atoms with Crippen LogP contribution >= 0.6 is 12.2 Å². The van der Waals surface area contributed by atoms with Crippen LogP contribution in [-0.4, -0.2) is 21.6 Å². The Bertz CT molecular complexity index is 802. The molecular weight excluding hydrogens is 270 g/mol. The van der Waals surface area contributed by atoms with Crippen LogP contribution in [0.2, 0.25) is 0 Å². The highest BCUT2D eigenvalue weighted by Crippen LogP contribution is 2.21. The van der Waals surface area contributed by atoms with E-state index in [0.29, 0.717) is 11.3 Å². The Labute approximate surface area is 122 Å². The summed E-state index contributed by atoms with van der Waals surface area (Å²) < 4.78 is 8.00. The Morgan fingerprint density at radius 2 is 2.15 bits per heavy atom. The van der Waals surface area contributed by atoms with Crippen molar-refractivity contribution in [2.75, 3.05) is 7.11 Å². The van der Waals surface area contributed by atoms with Crippen LogP contribution in [0.25, 0.3) is 11.0 Å². The number of aryl methyl sites for hydroxylation is 1. The van der Waals surface area contributed by atoms with Gasteiger partial charge in [-0.2, -0.15) is 0 Å². The van der Waals surface area contributed by atoms with Crippen molar-refractivity contribution in [3.05, 3.63) is 52.6 Å². The lowest BCUT2D eigenvalue weighted by Gasteiger charge is -2.05. The summed E-state index contributed by atoms with van der Waals surface area (Å²) in [5.74, 6) is 0.818. The van der Waals surface area contributed by atoms with Gasteiger partial charge in [0.25, 0.3) is 0 Å².